The number of rotatable bonds is 6. The third kappa shape index (κ3) is 3.36. The van der Waals surface area contributed by atoms with Gasteiger partial charge >= 0.3 is 0 Å². The summed E-state index contributed by atoms with van der Waals surface area (Å²) < 4.78 is 0. The first-order valence-electron chi connectivity index (χ1n) is 7.83. The number of hydrogen-bond donors (Lipinski definition) is 1. The van der Waals surface area contributed by atoms with Crippen molar-refractivity contribution in [3.8, 4) is 0 Å². The number of nitrogens with zero attached hydrogens (tertiary/aromatic N) is 1. The third-order valence-electron chi connectivity index (χ3n) is 5.02. The van der Waals surface area contributed by atoms with E-state index in [2.05, 4.69) is 30.8 Å². The molecule has 0 aliphatic carbocycles. The highest BCUT2D eigenvalue weighted by Gasteiger charge is 2.36. The number of hydrogen-bond acceptors (Lipinski definition) is 2. The first kappa shape index (κ1) is 14.1. The van der Waals surface area contributed by atoms with Gasteiger partial charge in [-0.05, 0) is 52.0 Å². The summed E-state index contributed by atoms with van der Waals surface area (Å²) in [6.07, 6.45) is 12.7. The van der Waals surface area contributed by atoms with E-state index in [0.717, 1.165) is 24.5 Å². The summed E-state index contributed by atoms with van der Waals surface area (Å²) in [6, 6.07) is 3.13. The van der Waals surface area contributed by atoms with Crippen molar-refractivity contribution in [2.45, 2.75) is 82.5 Å². The maximum Gasteiger partial charge on any atom is 0.0110 e. The van der Waals surface area contributed by atoms with Crippen LogP contribution in [0.5, 0.6) is 0 Å². The van der Waals surface area contributed by atoms with Gasteiger partial charge in [0.05, 0.1) is 0 Å². The molecule has 2 rings (SSSR count). The quantitative estimate of drug-likeness (QED) is 0.727. The van der Waals surface area contributed by atoms with Gasteiger partial charge in [-0.2, -0.15) is 0 Å². The van der Waals surface area contributed by atoms with Crippen LogP contribution in [0.4, 0.5) is 0 Å². The van der Waals surface area contributed by atoms with Gasteiger partial charge < -0.3 is 10.2 Å². The van der Waals surface area contributed by atoms with E-state index in [4.69, 9.17) is 0 Å². The van der Waals surface area contributed by atoms with Gasteiger partial charge in [0.2, 0.25) is 0 Å². The minimum absolute atomic E-state index is 0.692. The van der Waals surface area contributed by atoms with Gasteiger partial charge in [0.25, 0.3) is 0 Å². The molecule has 1 unspecified atom stereocenters. The second kappa shape index (κ2) is 6.72. The largest absolute Gasteiger partial charge is 0.311 e. The SMILES string of the molecule is C=CCC[C@H](CC)NC1C[C@H]2CCC[C@@H](C1)N2C. The Morgan fingerprint density at radius 2 is 2.00 bits per heavy atom. The lowest BCUT2D eigenvalue weighted by Crippen LogP contribution is -2.55. The maximum absolute atomic E-state index is 3.92. The molecule has 0 aromatic rings. The normalized spacial score (nSPS) is 34.2. The minimum atomic E-state index is 0.692. The Balaban J connectivity index is 1.84. The zero-order valence-electron chi connectivity index (χ0n) is 12.2. The number of nitrogens with one attached hydrogen (secondary N) is 1. The Kier molecular flexibility index (Phi) is 5.25. The van der Waals surface area contributed by atoms with Crippen LogP contribution < -0.4 is 5.32 Å². The Morgan fingerprint density at radius 1 is 1.33 bits per heavy atom. The molecule has 2 aliphatic heterocycles. The smallest absolute Gasteiger partial charge is 0.0110 e. The van der Waals surface area contributed by atoms with Crippen molar-refractivity contribution in [2.24, 2.45) is 0 Å². The van der Waals surface area contributed by atoms with E-state index in [0.29, 0.717) is 6.04 Å². The van der Waals surface area contributed by atoms with Crippen LogP contribution in [0.25, 0.3) is 0 Å². The molecule has 0 radical (unpaired) electrons. The molecule has 18 heavy (non-hydrogen) atoms. The van der Waals surface area contributed by atoms with Gasteiger partial charge in [-0.3, -0.25) is 0 Å². The summed E-state index contributed by atoms with van der Waals surface area (Å²) in [5, 5.41) is 3.92. The average molecular weight is 250 g/mol. The molecule has 2 nitrogen and oxygen atoms in total. The summed E-state index contributed by atoms with van der Waals surface area (Å²) >= 11 is 0. The summed E-state index contributed by atoms with van der Waals surface area (Å²) in [5.74, 6) is 0. The second-order valence-electron chi connectivity index (χ2n) is 6.21. The molecule has 2 bridgehead atoms. The lowest BCUT2D eigenvalue weighted by Gasteiger charge is -2.48. The van der Waals surface area contributed by atoms with E-state index in [9.17, 15) is 0 Å². The molecule has 2 fully saturated rings. The molecule has 0 saturated carbocycles. The number of fused-ring (bicyclic) bond motifs is 2. The van der Waals surface area contributed by atoms with Gasteiger partial charge in [-0.25, -0.2) is 0 Å². The van der Waals surface area contributed by atoms with E-state index in [1.54, 1.807) is 0 Å². The summed E-state index contributed by atoms with van der Waals surface area (Å²) in [5.41, 5.74) is 0. The van der Waals surface area contributed by atoms with Gasteiger partial charge in [0, 0.05) is 24.2 Å². The highest BCUT2D eigenvalue weighted by Crippen LogP contribution is 2.32. The Morgan fingerprint density at radius 3 is 2.56 bits per heavy atom. The van der Waals surface area contributed by atoms with Gasteiger partial charge in [0.1, 0.15) is 0 Å². The molecule has 104 valence electrons. The van der Waals surface area contributed by atoms with E-state index in [1.165, 1.54) is 44.9 Å². The van der Waals surface area contributed by atoms with Crippen LogP contribution in [0.2, 0.25) is 0 Å². The Bertz CT molecular complexity index is 250. The first-order valence-corrected chi connectivity index (χ1v) is 7.83. The fourth-order valence-corrected chi connectivity index (χ4v) is 3.81. The van der Waals surface area contributed by atoms with Gasteiger partial charge in [-0.1, -0.05) is 19.4 Å². The number of allylic oxidation sites excluding steroid dienone is 1. The topological polar surface area (TPSA) is 15.3 Å². The number of piperidine rings is 2. The summed E-state index contributed by atoms with van der Waals surface area (Å²) in [6.45, 7) is 6.14. The van der Waals surface area contributed by atoms with E-state index in [1.807, 2.05) is 6.08 Å². The average Bonchev–Trinajstić information content (AvgIpc) is 2.35. The zero-order valence-corrected chi connectivity index (χ0v) is 12.2. The van der Waals surface area contributed by atoms with Crippen molar-refractivity contribution in [1.29, 1.82) is 0 Å². The second-order valence-corrected chi connectivity index (χ2v) is 6.21. The lowest BCUT2D eigenvalue weighted by molar-refractivity contribution is 0.0454. The monoisotopic (exact) mass is 250 g/mol. The van der Waals surface area contributed by atoms with Crippen molar-refractivity contribution in [1.82, 2.24) is 10.2 Å². The molecule has 0 spiro atoms. The van der Waals surface area contributed by atoms with Crippen molar-refractivity contribution >= 4 is 0 Å². The molecule has 2 heteroatoms. The van der Waals surface area contributed by atoms with Crippen LogP contribution in [0, 0.1) is 0 Å². The molecule has 2 saturated heterocycles. The molecule has 2 heterocycles. The minimum Gasteiger partial charge on any atom is -0.311 e. The molecule has 1 N–H and O–H groups in total. The lowest BCUT2D eigenvalue weighted by atomic mass is 9.82. The Labute approximate surface area is 113 Å². The predicted molar refractivity (Wildman–Crippen MR) is 78.9 cm³/mol. The van der Waals surface area contributed by atoms with Crippen LogP contribution in [0.15, 0.2) is 12.7 Å². The predicted octanol–water partition coefficient (Wildman–Crippen LogP) is 3.34. The highest BCUT2D eigenvalue weighted by atomic mass is 15.2. The van der Waals surface area contributed by atoms with Crippen LogP contribution >= 0.6 is 0 Å². The fourth-order valence-electron chi connectivity index (χ4n) is 3.81. The zero-order chi connectivity index (χ0) is 13.0. The van der Waals surface area contributed by atoms with Crippen molar-refractivity contribution in [3.05, 3.63) is 12.7 Å². The molecule has 0 aromatic carbocycles. The molecule has 4 atom stereocenters. The van der Waals surface area contributed by atoms with Gasteiger partial charge in [-0.15, -0.1) is 6.58 Å². The summed E-state index contributed by atoms with van der Waals surface area (Å²) in [4.78, 5) is 2.65. The standard InChI is InChI=1S/C16H30N2/c1-4-6-8-13(5-2)17-14-11-15-9-7-10-16(12-14)18(15)3/h4,13-17H,1,5-12H2,2-3H3/t13-,14?,15-,16+/m0/s1. The van der Waals surface area contributed by atoms with Crippen molar-refractivity contribution in [3.63, 3.8) is 0 Å². The van der Waals surface area contributed by atoms with Crippen LogP contribution in [-0.4, -0.2) is 36.1 Å². The highest BCUT2D eigenvalue weighted by molar-refractivity contribution is 4.94. The molecular formula is C16H30N2. The molecular weight excluding hydrogens is 220 g/mol. The van der Waals surface area contributed by atoms with Crippen molar-refractivity contribution in [2.75, 3.05) is 7.05 Å². The van der Waals surface area contributed by atoms with Crippen LogP contribution in [-0.2, 0) is 0 Å². The van der Waals surface area contributed by atoms with E-state index in [-0.39, 0.29) is 0 Å². The van der Waals surface area contributed by atoms with Crippen LogP contribution in [0.3, 0.4) is 0 Å². The van der Waals surface area contributed by atoms with Crippen LogP contribution in [0.1, 0.15) is 58.3 Å². The maximum atomic E-state index is 3.92. The molecule has 2 aliphatic rings. The van der Waals surface area contributed by atoms with Crippen molar-refractivity contribution < 1.29 is 0 Å². The third-order valence-corrected chi connectivity index (χ3v) is 5.02. The van der Waals surface area contributed by atoms with Gasteiger partial charge in [0.15, 0.2) is 0 Å². The summed E-state index contributed by atoms with van der Waals surface area (Å²) in [7, 11) is 2.33. The molecule has 0 amide bonds. The molecule has 0 aromatic heterocycles. The fraction of sp³-hybridized carbons (Fsp3) is 0.875. The van der Waals surface area contributed by atoms with E-state index >= 15 is 0 Å². The first-order chi connectivity index (χ1) is 8.74. The van der Waals surface area contributed by atoms with E-state index < -0.39 is 0 Å². The Hall–Kier alpha value is -0.340.